The number of rotatable bonds is 4. The Labute approximate surface area is 131 Å². The molecule has 0 amide bonds. The van der Waals surface area contributed by atoms with Crippen molar-refractivity contribution < 1.29 is 8.42 Å². The second-order valence-electron chi connectivity index (χ2n) is 4.65. The van der Waals surface area contributed by atoms with Crippen LogP contribution in [0.3, 0.4) is 0 Å². The van der Waals surface area contributed by atoms with Crippen LogP contribution in [0, 0.1) is 6.92 Å². The average Bonchev–Trinajstić information content (AvgIpc) is 3.11. The zero-order valence-electron chi connectivity index (χ0n) is 11.4. The molecule has 0 aromatic carbocycles. The summed E-state index contributed by atoms with van der Waals surface area (Å²) in [6.45, 7) is 3.03. The number of hydrogen-bond donors (Lipinski definition) is 0. The highest BCUT2D eigenvalue weighted by Crippen LogP contribution is 2.28. The van der Waals surface area contributed by atoms with Gasteiger partial charge in [-0.2, -0.15) is 8.68 Å². The minimum atomic E-state index is -3.39. The Balaban J connectivity index is 1.77. The van der Waals surface area contributed by atoms with Crippen LogP contribution in [0.2, 0.25) is 0 Å². The molecule has 1 aliphatic rings. The van der Waals surface area contributed by atoms with Gasteiger partial charge in [-0.15, -0.1) is 0 Å². The van der Waals surface area contributed by atoms with Crippen molar-refractivity contribution in [3.8, 4) is 0 Å². The lowest BCUT2D eigenvalue weighted by Gasteiger charge is -2.15. The third-order valence-electron chi connectivity index (χ3n) is 3.11. The Morgan fingerprint density at radius 3 is 2.62 bits per heavy atom. The molecule has 112 valence electrons. The molecule has 0 spiro atoms. The van der Waals surface area contributed by atoms with E-state index in [1.165, 1.54) is 33.8 Å². The van der Waals surface area contributed by atoms with Gasteiger partial charge in [-0.3, -0.25) is 0 Å². The molecule has 9 heteroatoms. The zero-order valence-corrected chi connectivity index (χ0v) is 13.8. The van der Waals surface area contributed by atoms with Crippen LogP contribution >= 0.6 is 23.3 Å². The highest BCUT2D eigenvalue weighted by Gasteiger charge is 2.27. The highest BCUT2D eigenvalue weighted by atomic mass is 32.2. The first kappa shape index (κ1) is 14.9. The van der Waals surface area contributed by atoms with Crippen LogP contribution in [-0.4, -0.2) is 40.2 Å². The quantitative estimate of drug-likeness (QED) is 0.848. The van der Waals surface area contributed by atoms with E-state index in [-0.39, 0.29) is 4.90 Å². The topological polar surface area (TPSA) is 76.1 Å². The molecule has 3 heterocycles. The summed E-state index contributed by atoms with van der Waals surface area (Å²) in [4.78, 5) is 8.71. The van der Waals surface area contributed by atoms with Crippen molar-refractivity contribution in [1.29, 1.82) is 0 Å². The van der Waals surface area contributed by atoms with Gasteiger partial charge in [-0.1, -0.05) is 0 Å². The van der Waals surface area contributed by atoms with E-state index in [1.807, 2.05) is 6.92 Å². The van der Waals surface area contributed by atoms with E-state index in [0.717, 1.165) is 23.0 Å². The number of hydrogen-bond acceptors (Lipinski definition) is 7. The Bertz CT molecular complexity index is 721. The molecule has 0 aliphatic carbocycles. The van der Waals surface area contributed by atoms with Crippen LogP contribution in [0.5, 0.6) is 0 Å². The standard InChI is InChI=1S/C12H14N4O2S3/c1-9-14-12(20-15-9)19-11-5-4-10(8-13-11)21(17,18)16-6-2-3-7-16/h4-5,8H,2-3,6-7H2,1H3. The molecule has 1 fully saturated rings. The molecule has 1 aliphatic heterocycles. The third kappa shape index (κ3) is 3.25. The van der Waals surface area contributed by atoms with Crippen LogP contribution in [0.1, 0.15) is 18.7 Å². The van der Waals surface area contributed by atoms with Crippen molar-refractivity contribution in [3.05, 3.63) is 24.2 Å². The first-order valence-electron chi connectivity index (χ1n) is 6.50. The van der Waals surface area contributed by atoms with E-state index in [1.54, 1.807) is 12.1 Å². The smallest absolute Gasteiger partial charge is 0.244 e. The zero-order chi connectivity index (χ0) is 14.9. The summed E-state index contributed by atoms with van der Waals surface area (Å²) in [5.74, 6) is 0.732. The van der Waals surface area contributed by atoms with E-state index >= 15 is 0 Å². The molecule has 0 radical (unpaired) electrons. The van der Waals surface area contributed by atoms with E-state index in [2.05, 4.69) is 14.3 Å². The molecule has 0 N–H and O–H groups in total. The van der Waals surface area contributed by atoms with Gasteiger partial charge in [0.25, 0.3) is 0 Å². The van der Waals surface area contributed by atoms with Crippen molar-refractivity contribution in [3.63, 3.8) is 0 Å². The van der Waals surface area contributed by atoms with Crippen molar-refractivity contribution in [1.82, 2.24) is 18.6 Å². The van der Waals surface area contributed by atoms with Gasteiger partial charge < -0.3 is 0 Å². The van der Waals surface area contributed by atoms with Gasteiger partial charge in [0.05, 0.1) is 0 Å². The molecule has 0 atom stereocenters. The van der Waals surface area contributed by atoms with Crippen LogP contribution in [-0.2, 0) is 10.0 Å². The average molecular weight is 342 g/mol. The van der Waals surface area contributed by atoms with E-state index in [9.17, 15) is 8.42 Å². The molecule has 0 saturated carbocycles. The normalized spacial score (nSPS) is 16.4. The number of aryl methyl sites for hydroxylation is 1. The highest BCUT2D eigenvalue weighted by molar-refractivity contribution is 8.00. The Morgan fingerprint density at radius 1 is 1.29 bits per heavy atom. The van der Waals surface area contributed by atoms with Gasteiger partial charge in [-0.05, 0) is 55.2 Å². The maximum Gasteiger partial charge on any atom is 0.244 e. The molecular formula is C12H14N4O2S3. The van der Waals surface area contributed by atoms with Gasteiger partial charge in [0.1, 0.15) is 15.7 Å². The van der Waals surface area contributed by atoms with Crippen LogP contribution < -0.4 is 0 Å². The summed E-state index contributed by atoms with van der Waals surface area (Å²) in [6.07, 6.45) is 3.28. The van der Waals surface area contributed by atoms with E-state index in [0.29, 0.717) is 18.1 Å². The predicted molar refractivity (Wildman–Crippen MR) is 81.0 cm³/mol. The summed E-state index contributed by atoms with van der Waals surface area (Å²) in [6, 6.07) is 3.32. The number of nitrogens with zero attached hydrogens (tertiary/aromatic N) is 4. The van der Waals surface area contributed by atoms with Crippen LogP contribution in [0.4, 0.5) is 0 Å². The molecular weight excluding hydrogens is 328 g/mol. The fourth-order valence-electron chi connectivity index (χ4n) is 2.07. The first-order chi connectivity index (χ1) is 10.1. The molecule has 21 heavy (non-hydrogen) atoms. The molecule has 3 rings (SSSR count). The molecule has 0 bridgehead atoms. The molecule has 2 aromatic heterocycles. The summed E-state index contributed by atoms with van der Waals surface area (Å²) in [5, 5.41) is 0.714. The minimum absolute atomic E-state index is 0.252. The molecule has 1 saturated heterocycles. The van der Waals surface area contributed by atoms with Gasteiger partial charge in [-0.25, -0.2) is 18.4 Å². The van der Waals surface area contributed by atoms with Crippen molar-refractivity contribution in [2.75, 3.05) is 13.1 Å². The third-order valence-corrected chi connectivity index (χ3v) is 6.79. The Hall–Kier alpha value is -1.03. The van der Waals surface area contributed by atoms with Crippen molar-refractivity contribution >= 4 is 33.3 Å². The SMILES string of the molecule is Cc1nsc(Sc2ccc(S(=O)(=O)N3CCCC3)cn2)n1. The van der Waals surface area contributed by atoms with Crippen LogP contribution in [0.15, 0.2) is 32.6 Å². The second kappa shape index (κ2) is 5.99. The summed E-state index contributed by atoms with van der Waals surface area (Å²) < 4.78 is 31.2. The minimum Gasteiger partial charge on any atom is -0.248 e. The van der Waals surface area contributed by atoms with Gasteiger partial charge >= 0.3 is 0 Å². The summed E-state index contributed by atoms with van der Waals surface area (Å²) in [7, 11) is -3.39. The number of aromatic nitrogens is 3. The lowest BCUT2D eigenvalue weighted by Crippen LogP contribution is -2.27. The summed E-state index contributed by atoms with van der Waals surface area (Å²) >= 11 is 2.70. The predicted octanol–water partition coefficient (Wildman–Crippen LogP) is 2.18. The van der Waals surface area contributed by atoms with E-state index in [4.69, 9.17) is 0 Å². The first-order valence-corrected chi connectivity index (χ1v) is 9.53. The maximum absolute atomic E-state index is 12.4. The van der Waals surface area contributed by atoms with E-state index < -0.39 is 10.0 Å². The molecule has 2 aromatic rings. The lowest BCUT2D eigenvalue weighted by molar-refractivity contribution is 0.477. The van der Waals surface area contributed by atoms with Gasteiger partial charge in [0.2, 0.25) is 10.0 Å². The van der Waals surface area contributed by atoms with Gasteiger partial charge in [0, 0.05) is 19.3 Å². The fraction of sp³-hybridized carbons (Fsp3) is 0.417. The van der Waals surface area contributed by atoms with Crippen molar-refractivity contribution in [2.24, 2.45) is 0 Å². The fourth-order valence-corrected chi connectivity index (χ4v) is 5.07. The second-order valence-corrected chi connectivity index (χ2v) is 8.61. The Kier molecular flexibility index (Phi) is 4.25. The molecule has 0 unspecified atom stereocenters. The lowest BCUT2D eigenvalue weighted by atomic mass is 10.4. The largest absolute Gasteiger partial charge is 0.248 e. The van der Waals surface area contributed by atoms with Gasteiger partial charge in [0.15, 0.2) is 4.34 Å². The summed E-state index contributed by atoms with van der Waals surface area (Å²) in [5.41, 5.74) is 0. The number of pyridine rings is 1. The number of sulfonamides is 1. The maximum atomic E-state index is 12.4. The van der Waals surface area contributed by atoms with Crippen molar-refractivity contribution in [2.45, 2.75) is 34.0 Å². The van der Waals surface area contributed by atoms with Crippen LogP contribution in [0.25, 0.3) is 0 Å². The molecule has 6 nitrogen and oxygen atoms in total. The Morgan fingerprint density at radius 2 is 2.05 bits per heavy atom. The monoisotopic (exact) mass is 342 g/mol.